The van der Waals surface area contributed by atoms with Gasteiger partial charge < -0.3 is 9.52 Å². The molecule has 0 spiro atoms. The maximum absolute atomic E-state index is 11.8. The summed E-state index contributed by atoms with van der Waals surface area (Å²) in [5, 5.41) is 19.3. The number of hydrogen-bond donors (Lipinski definition) is 2. The van der Waals surface area contributed by atoms with Gasteiger partial charge in [-0.15, -0.1) is 10.2 Å². The summed E-state index contributed by atoms with van der Waals surface area (Å²) in [7, 11) is 0. The van der Waals surface area contributed by atoms with E-state index in [1.807, 2.05) is 0 Å². The molecule has 0 aliphatic rings. The lowest BCUT2D eigenvalue weighted by Crippen LogP contribution is -2.01. The summed E-state index contributed by atoms with van der Waals surface area (Å²) in [6.45, 7) is 0. The van der Waals surface area contributed by atoms with Crippen molar-refractivity contribution in [3.63, 3.8) is 0 Å². The fraction of sp³-hybridized carbons (Fsp3) is 0. The topological polar surface area (TPSA) is 92.0 Å². The molecule has 2 aromatic heterocycles. The van der Waals surface area contributed by atoms with Gasteiger partial charge in [-0.3, -0.25) is 4.79 Å². The Labute approximate surface area is 82.1 Å². The van der Waals surface area contributed by atoms with Crippen LogP contribution in [0.1, 0.15) is 0 Å². The molecule has 0 atom stereocenters. The van der Waals surface area contributed by atoms with E-state index in [-0.39, 0.29) is 22.4 Å². The molecule has 0 amide bonds. The van der Waals surface area contributed by atoms with E-state index in [1.54, 1.807) is 0 Å². The largest absolute Gasteiger partial charge is 0.508 e. The van der Waals surface area contributed by atoms with Crippen LogP contribution in [0.25, 0.3) is 22.2 Å². The Hall–Kier alpha value is -2.37. The van der Waals surface area contributed by atoms with Crippen LogP contribution in [0, 0.1) is 0 Å². The summed E-state index contributed by atoms with van der Waals surface area (Å²) in [6.07, 6.45) is 0. The summed E-state index contributed by atoms with van der Waals surface area (Å²) in [5.41, 5.74) is 0.327. The Morgan fingerprint density at radius 1 is 1.33 bits per heavy atom. The first kappa shape index (κ1) is 7.98. The number of aromatic amines is 1. The molecule has 2 N–H and O–H groups in total. The molecule has 0 radical (unpaired) electrons. The van der Waals surface area contributed by atoms with E-state index < -0.39 is 0 Å². The van der Waals surface area contributed by atoms with Gasteiger partial charge in [-0.25, -0.2) is 0 Å². The van der Waals surface area contributed by atoms with Crippen molar-refractivity contribution in [1.29, 1.82) is 0 Å². The molecule has 0 saturated carbocycles. The molecular formula is C9H5N3O3. The van der Waals surface area contributed by atoms with Crippen molar-refractivity contribution in [2.45, 2.75) is 0 Å². The molecule has 0 bridgehead atoms. The van der Waals surface area contributed by atoms with Gasteiger partial charge in [-0.2, -0.15) is 5.21 Å². The number of fused-ring (bicyclic) bond motifs is 2. The Bertz CT molecular complexity index is 713. The highest BCUT2D eigenvalue weighted by atomic mass is 16.3. The van der Waals surface area contributed by atoms with E-state index in [1.165, 1.54) is 18.2 Å². The van der Waals surface area contributed by atoms with Crippen LogP contribution in [0.5, 0.6) is 5.75 Å². The van der Waals surface area contributed by atoms with Crippen LogP contribution < -0.4 is 5.43 Å². The van der Waals surface area contributed by atoms with Gasteiger partial charge in [0.15, 0.2) is 5.52 Å². The maximum Gasteiger partial charge on any atom is 0.270 e. The smallest absolute Gasteiger partial charge is 0.270 e. The molecule has 6 heteroatoms. The number of aromatic hydroxyl groups is 1. The van der Waals surface area contributed by atoms with Crippen LogP contribution in [0.3, 0.4) is 0 Å². The van der Waals surface area contributed by atoms with E-state index in [2.05, 4.69) is 15.4 Å². The van der Waals surface area contributed by atoms with Crippen LogP contribution in [0.15, 0.2) is 27.4 Å². The number of aromatic nitrogens is 3. The number of phenolic OH excluding ortho intramolecular Hbond substituents is 1. The predicted molar refractivity (Wildman–Crippen MR) is 51.6 cm³/mol. The zero-order valence-electron chi connectivity index (χ0n) is 7.39. The average Bonchev–Trinajstić information content (AvgIpc) is 2.65. The van der Waals surface area contributed by atoms with Gasteiger partial charge in [0.1, 0.15) is 11.3 Å². The van der Waals surface area contributed by atoms with Crippen LogP contribution in [0.4, 0.5) is 0 Å². The first-order valence-electron chi connectivity index (χ1n) is 4.22. The van der Waals surface area contributed by atoms with Gasteiger partial charge >= 0.3 is 0 Å². The third-order valence-corrected chi connectivity index (χ3v) is 2.15. The van der Waals surface area contributed by atoms with Gasteiger partial charge in [0.05, 0.1) is 5.39 Å². The second-order valence-corrected chi connectivity index (χ2v) is 3.09. The molecule has 15 heavy (non-hydrogen) atoms. The molecular weight excluding hydrogens is 198 g/mol. The molecule has 0 aliphatic heterocycles. The third kappa shape index (κ3) is 1.01. The van der Waals surface area contributed by atoms with Crippen molar-refractivity contribution in [2.75, 3.05) is 0 Å². The molecule has 2 heterocycles. The summed E-state index contributed by atoms with van der Waals surface area (Å²) < 4.78 is 5.28. The number of benzene rings is 1. The van der Waals surface area contributed by atoms with Crippen molar-refractivity contribution >= 4 is 22.2 Å². The first-order valence-corrected chi connectivity index (χ1v) is 4.22. The highest BCUT2D eigenvalue weighted by Crippen LogP contribution is 2.19. The van der Waals surface area contributed by atoms with E-state index in [4.69, 9.17) is 4.42 Å². The van der Waals surface area contributed by atoms with Crippen LogP contribution >= 0.6 is 0 Å². The summed E-state index contributed by atoms with van der Waals surface area (Å²) in [4.78, 5) is 11.8. The number of hydrogen-bond acceptors (Lipinski definition) is 5. The summed E-state index contributed by atoms with van der Waals surface area (Å²) in [6, 6.07) is 4.28. The van der Waals surface area contributed by atoms with E-state index in [0.717, 1.165) is 0 Å². The Kier molecular flexibility index (Phi) is 1.37. The average molecular weight is 203 g/mol. The second kappa shape index (κ2) is 2.57. The van der Waals surface area contributed by atoms with Crippen LogP contribution in [-0.4, -0.2) is 20.5 Å². The molecule has 3 rings (SSSR count). The SMILES string of the molecule is O=c1c2ccc(O)cc2oc2n[nH]nc12. The van der Waals surface area contributed by atoms with E-state index in [0.29, 0.717) is 11.0 Å². The lowest BCUT2D eigenvalue weighted by molar-refractivity contribution is 0.474. The molecule has 3 aromatic rings. The highest BCUT2D eigenvalue weighted by Gasteiger charge is 2.10. The minimum Gasteiger partial charge on any atom is -0.508 e. The standard InChI is InChI=1S/C9H5N3O3/c13-4-1-2-5-6(3-4)15-9-7(8(5)14)10-12-11-9/h1-3,13H,(H,10,11,12). The molecule has 0 unspecified atom stereocenters. The maximum atomic E-state index is 11.8. The van der Waals surface area contributed by atoms with Gasteiger partial charge in [-0.05, 0) is 12.1 Å². The second-order valence-electron chi connectivity index (χ2n) is 3.09. The van der Waals surface area contributed by atoms with Crippen LogP contribution in [-0.2, 0) is 0 Å². The fourth-order valence-corrected chi connectivity index (χ4v) is 1.46. The highest BCUT2D eigenvalue weighted by molar-refractivity contribution is 5.86. The number of rotatable bonds is 0. The lowest BCUT2D eigenvalue weighted by atomic mass is 10.2. The normalized spacial score (nSPS) is 11.2. The monoisotopic (exact) mass is 203 g/mol. The Morgan fingerprint density at radius 2 is 2.20 bits per heavy atom. The van der Waals surface area contributed by atoms with Crippen LogP contribution in [0.2, 0.25) is 0 Å². The molecule has 6 nitrogen and oxygen atoms in total. The van der Waals surface area contributed by atoms with E-state index in [9.17, 15) is 9.90 Å². The van der Waals surface area contributed by atoms with Crippen molar-refractivity contribution in [3.05, 3.63) is 28.4 Å². The van der Waals surface area contributed by atoms with Gasteiger partial charge in [-0.1, -0.05) is 0 Å². The minimum absolute atomic E-state index is 0.0356. The molecule has 1 aromatic carbocycles. The summed E-state index contributed by atoms with van der Waals surface area (Å²) >= 11 is 0. The number of nitrogens with zero attached hydrogens (tertiary/aromatic N) is 2. The lowest BCUT2D eigenvalue weighted by Gasteiger charge is -1.96. The third-order valence-electron chi connectivity index (χ3n) is 2.15. The van der Waals surface area contributed by atoms with Crippen molar-refractivity contribution in [1.82, 2.24) is 15.4 Å². The van der Waals surface area contributed by atoms with Gasteiger partial charge in [0, 0.05) is 6.07 Å². The minimum atomic E-state index is -0.264. The Balaban J connectivity index is 2.63. The Morgan fingerprint density at radius 3 is 3.07 bits per heavy atom. The van der Waals surface area contributed by atoms with E-state index >= 15 is 0 Å². The van der Waals surface area contributed by atoms with Crippen molar-refractivity contribution in [3.8, 4) is 5.75 Å². The van der Waals surface area contributed by atoms with Crippen molar-refractivity contribution < 1.29 is 9.52 Å². The van der Waals surface area contributed by atoms with Gasteiger partial charge in [0.2, 0.25) is 5.43 Å². The number of H-pyrrole nitrogens is 1. The predicted octanol–water partition coefficient (Wildman–Crippen LogP) is 0.770. The quantitative estimate of drug-likeness (QED) is 0.563. The first-order chi connectivity index (χ1) is 7.25. The molecule has 0 saturated heterocycles. The fourth-order valence-electron chi connectivity index (χ4n) is 1.46. The zero-order chi connectivity index (χ0) is 10.4. The number of nitrogens with one attached hydrogen (secondary N) is 1. The molecule has 74 valence electrons. The summed E-state index contributed by atoms with van der Waals surface area (Å²) in [5.74, 6) is 0.0356. The van der Waals surface area contributed by atoms with Crippen molar-refractivity contribution in [2.24, 2.45) is 0 Å². The molecule has 0 fully saturated rings. The zero-order valence-corrected chi connectivity index (χ0v) is 7.39. The molecule has 0 aliphatic carbocycles. The number of phenols is 1. The van der Waals surface area contributed by atoms with Gasteiger partial charge in [0.25, 0.3) is 5.71 Å².